The number of nitrogens with one attached hydrogen (secondary N) is 1. The number of unbranched alkanes of at least 4 members (excludes halogenated alkanes) is 25. The molecule has 4 atom stereocenters. The van der Waals surface area contributed by atoms with Crippen LogP contribution in [-0.4, -0.2) is 57.3 Å². The highest BCUT2D eigenvalue weighted by Gasteiger charge is 2.28. The van der Waals surface area contributed by atoms with E-state index in [4.69, 9.17) is 0 Å². The first-order chi connectivity index (χ1) is 25.5. The second-order valence-electron chi connectivity index (χ2n) is 15.4. The quantitative estimate of drug-likeness (QED) is 0.0318. The first-order valence-electron chi connectivity index (χ1n) is 22.4. The van der Waals surface area contributed by atoms with Crippen molar-refractivity contribution in [3.05, 3.63) is 36.5 Å². The van der Waals surface area contributed by atoms with Gasteiger partial charge in [-0.05, 0) is 77.0 Å². The highest BCUT2D eigenvalue weighted by atomic mass is 16.3. The maximum absolute atomic E-state index is 12.5. The smallest absolute Gasteiger partial charge is 0.249 e. The Labute approximate surface area is 322 Å². The monoisotopic (exact) mass is 734 g/mol. The SMILES string of the molecule is CCCCCC/C=C\CCCCCCCCC(O)C(=O)NC(CO)C(O)C(O)CCC/C=C/CC/C=C/CCCCCCCCCCCCCCC. The number of amides is 1. The first-order valence-corrected chi connectivity index (χ1v) is 22.4. The molecule has 0 heterocycles. The molecule has 0 bridgehead atoms. The van der Waals surface area contributed by atoms with Crippen LogP contribution in [0, 0.1) is 0 Å². The largest absolute Gasteiger partial charge is 0.394 e. The van der Waals surface area contributed by atoms with E-state index in [2.05, 4.69) is 55.6 Å². The molecule has 0 fully saturated rings. The summed E-state index contributed by atoms with van der Waals surface area (Å²) >= 11 is 0. The minimum absolute atomic E-state index is 0.352. The van der Waals surface area contributed by atoms with Crippen LogP contribution in [0.1, 0.15) is 219 Å². The van der Waals surface area contributed by atoms with Gasteiger partial charge in [0.05, 0.1) is 18.8 Å². The van der Waals surface area contributed by atoms with Crippen LogP contribution >= 0.6 is 0 Å². The van der Waals surface area contributed by atoms with E-state index < -0.39 is 36.9 Å². The lowest BCUT2D eigenvalue weighted by atomic mass is 10.00. The summed E-state index contributed by atoms with van der Waals surface area (Å²) in [6, 6.07) is -1.01. The second kappa shape index (κ2) is 40.7. The van der Waals surface area contributed by atoms with E-state index in [0.29, 0.717) is 19.3 Å². The lowest BCUT2D eigenvalue weighted by Crippen LogP contribution is -2.53. The van der Waals surface area contributed by atoms with Crippen molar-refractivity contribution >= 4 is 5.91 Å². The molecule has 0 aromatic heterocycles. The van der Waals surface area contributed by atoms with E-state index >= 15 is 0 Å². The number of hydrogen-bond acceptors (Lipinski definition) is 5. The van der Waals surface area contributed by atoms with Crippen LogP contribution in [0.25, 0.3) is 0 Å². The van der Waals surface area contributed by atoms with Crippen LogP contribution in [0.4, 0.5) is 0 Å². The van der Waals surface area contributed by atoms with Crippen LogP contribution < -0.4 is 5.32 Å². The summed E-state index contributed by atoms with van der Waals surface area (Å²) in [4.78, 5) is 12.5. The molecular formula is C46H87NO5. The highest BCUT2D eigenvalue weighted by molar-refractivity contribution is 5.80. The molecule has 0 saturated carbocycles. The minimum atomic E-state index is -1.29. The normalized spacial score (nSPS) is 14.5. The Kier molecular flexibility index (Phi) is 39.6. The second-order valence-corrected chi connectivity index (χ2v) is 15.4. The number of carbonyl (C=O) groups is 1. The molecule has 306 valence electrons. The van der Waals surface area contributed by atoms with Gasteiger partial charge in [0, 0.05) is 0 Å². The number of rotatable bonds is 40. The maximum atomic E-state index is 12.5. The van der Waals surface area contributed by atoms with E-state index in [1.165, 1.54) is 135 Å². The van der Waals surface area contributed by atoms with Crippen molar-refractivity contribution in [1.82, 2.24) is 5.32 Å². The molecule has 4 unspecified atom stereocenters. The van der Waals surface area contributed by atoms with Crippen LogP contribution in [0.3, 0.4) is 0 Å². The molecule has 0 aliphatic rings. The van der Waals surface area contributed by atoms with Gasteiger partial charge >= 0.3 is 0 Å². The zero-order valence-corrected chi connectivity index (χ0v) is 34.3. The van der Waals surface area contributed by atoms with Crippen LogP contribution in [0.15, 0.2) is 36.5 Å². The van der Waals surface area contributed by atoms with Gasteiger partial charge < -0.3 is 25.7 Å². The molecule has 0 radical (unpaired) electrons. The van der Waals surface area contributed by atoms with Gasteiger partial charge in [-0.15, -0.1) is 0 Å². The molecule has 0 spiro atoms. The molecule has 0 rings (SSSR count). The summed E-state index contributed by atoms with van der Waals surface area (Å²) in [6.07, 6.45) is 47.5. The number of allylic oxidation sites excluding steroid dienone is 6. The number of hydrogen-bond donors (Lipinski definition) is 5. The molecule has 0 saturated heterocycles. The van der Waals surface area contributed by atoms with Gasteiger partial charge in [0.25, 0.3) is 0 Å². The molecule has 6 heteroatoms. The van der Waals surface area contributed by atoms with E-state index in [0.717, 1.165) is 51.4 Å². The van der Waals surface area contributed by atoms with Crippen molar-refractivity contribution in [2.75, 3.05) is 6.61 Å². The minimum Gasteiger partial charge on any atom is -0.394 e. The molecule has 5 N–H and O–H groups in total. The number of aliphatic hydroxyl groups is 4. The predicted octanol–water partition coefficient (Wildman–Crippen LogP) is 11.7. The summed E-state index contributed by atoms with van der Waals surface area (Å²) < 4.78 is 0. The zero-order valence-electron chi connectivity index (χ0n) is 34.3. The van der Waals surface area contributed by atoms with Gasteiger partial charge in [0.1, 0.15) is 12.2 Å². The third-order valence-corrected chi connectivity index (χ3v) is 10.3. The van der Waals surface area contributed by atoms with Gasteiger partial charge in [-0.1, -0.05) is 179 Å². The van der Waals surface area contributed by atoms with Crippen molar-refractivity contribution in [3.8, 4) is 0 Å². The van der Waals surface area contributed by atoms with Crippen LogP contribution in [-0.2, 0) is 4.79 Å². The predicted molar refractivity (Wildman–Crippen MR) is 224 cm³/mol. The van der Waals surface area contributed by atoms with E-state index in [-0.39, 0.29) is 0 Å². The summed E-state index contributed by atoms with van der Waals surface area (Å²) in [5, 5.41) is 43.6. The molecule has 0 aromatic carbocycles. The lowest BCUT2D eigenvalue weighted by Gasteiger charge is -2.27. The Balaban J connectivity index is 3.80. The standard InChI is InChI=1S/C46H87NO5/c1-3-5-7-9-11-13-15-17-19-20-21-22-23-24-25-26-28-29-31-33-35-37-39-43(49)45(51)42(41-48)47-46(52)44(50)40-38-36-34-32-30-27-18-16-14-12-10-8-6-4-2/h14,16,25-26,31,33,42-45,48-51H,3-13,15,17-24,27-30,32,34-41H2,1-2H3,(H,47,52)/b16-14-,26-25+,33-31+. The summed E-state index contributed by atoms with van der Waals surface area (Å²) in [6.45, 7) is 4.02. The van der Waals surface area contributed by atoms with Crippen molar-refractivity contribution < 1.29 is 25.2 Å². The van der Waals surface area contributed by atoms with E-state index in [1.54, 1.807) is 0 Å². The van der Waals surface area contributed by atoms with Gasteiger partial charge in [-0.25, -0.2) is 0 Å². The van der Waals surface area contributed by atoms with E-state index in [1.807, 2.05) is 0 Å². The molecule has 6 nitrogen and oxygen atoms in total. The number of aliphatic hydroxyl groups excluding tert-OH is 4. The first kappa shape index (κ1) is 50.5. The Morgan fingerprint density at radius 2 is 0.808 bits per heavy atom. The fourth-order valence-corrected chi connectivity index (χ4v) is 6.71. The van der Waals surface area contributed by atoms with Gasteiger partial charge in [-0.3, -0.25) is 4.79 Å². The Morgan fingerprint density at radius 1 is 0.462 bits per heavy atom. The van der Waals surface area contributed by atoms with Gasteiger partial charge in [0.15, 0.2) is 0 Å². The molecular weight excluding hydrogens is 647 g/mol. The van der Waals surface area contributed by atoms with Crippen molar-refractivity contribution in [2.45, 2.75) is 244 Å². The van der Waals surface area contributed by atoms with Crippen LogP contribution in [0.2, 0.25) is 0 Å². The molecule has 1 amide bonds. The summed E-state index contributed by atoms with van der Waals surface area (Å²) in [7, 11) is 0. The fraction of sp³-hybridized carbons (Fsp3) is 0.848. The lowest BCUT2D eigenvalue weighted by molar-refractivity contribution is -0.132. The average Bonchev–Trinajstić information content (AvgIpc) is 3.15. The Hall–Kier alpha value is -1.47. The zero-order chi connectivity index (χ0) is 38.2. The molecule has 0 aliphatic carbocycles. The van der Waals surface area contributed by atoms with Gasteiger partial charge in [-0.2, -0.15) is 0 Å². The third kappa shape index (κ3) is 34.3. The number of carbonyl (C=O) groups excluding carboxylic acids is 1. The Morgan fingerprint density at radius 3 is 1.23 bits per heavy atom. The highest BCUT2D eigenvalue weighted by Crippen LogP contribution is 2.15. The van der Waals surface area contributed by atoms with Gasteiger partial charge in [0.2, 0.25) is 5.91 Å². The molecule has 0 aliphatic heterocycles. The summed E-state index contributed by atoms with van der Waals surface area (Å²) in [5.41, 5.74) is 0. The third-order valence-electron chi connectivity index (χ3n) is 10.3. The topological polar surface area (TPSA) is 110 Å². The van der Waals surface area contributed by atoms with E-state index in [9.17, 15) is 25.2 Å². The van der Waals surface area contributed by atoms with Crippen LogP contribution in [0.5, 0.6) is 0 Å². The van der Waals surface area contributed by atoms with Crippen molar-refractivity contribution in [3.63, 3.8) is 0 Å². The summed E-state index contributed by atoms with van der Waals surface area (Å²) in [5.74, 6) is -0.604. The Bertz CT molecular complexity index is 828. The van der Waals surface area contributed by atoms with Crippen molar-refractivity contribution in [1.29, 1.82) is 0 Å². The molecule has 52 heavy (non-hydrogen) atoms. The molecule has 0 aromatic rings. The fourth-order valence-electron chi connectivity index (χ4n) is 6.71. The maximum Gasteiger partial charge on any atom is 0.249 e. The average molecular weight is 734 g/mol. The van der Waals surface area contributed by atoms with Crippen molar-refractivity contribution in [2.24, 2.45) is 0 Å².